The molecule has 2 aromatic carbocycles. The Hall–Kier alpha value is -1.85. The molecule has 4 nitrogen and oxygen atoms in total. The largest absolute Gasteiger partial charge is 0.396 e. The first kappa shape index (κ1) is 18.9. The maximum atomic E-state index is 13.1. The monoisotopic (exact) mass is 416 g/mol. The summed E-state index contributed by atoms with van der Waals surface area (Å²) in [5.74, 6) is 0. The number of aliphatic hydroxyl groups excluding tert-OH is 1. The molecule has 1 heterocycles. The number of carbonyl (C=O) groups excluding carboxylic acids is 1. The maximum absolute atomic E-state index is 13.1. The lowest BCUT2D eigenvalue weighted by Gasteiger charge is -2.35. The molecule has 2 atom stereocenters. The molecule has 0 aromatic heterocycles. The average molecular weight is 417 g/mol. The fourth-order valence-electron chi connectivity index (χ4n) is 3.78. The second-order valence-electron chi connectivity index (χ2n) is 6.88. The first-order chi connectivity index (χ1) is 12.6. The van der Waals surface area contributed by atoms with Crippen LogP contribution in [-0.2, 0) is 5.54 Å². The van der Waals surface area contributed by atoms with E-state index in [1.165, 1.54) is 0 Å². The third-order valence-corrected chi connectivity index (χ3v) is 5.82. The van der Waals surface area contributed by atoms with Crippen LogP contribution in [0.5, 0.6) is 0 Å². The van der Waals surface area contributed by atoms with Gasteiger partial charge in [-0.05, 0) is 49.4 Å². The first-order valence-corrected chi connectivity index (χ1v) is 9.86. The molecule has 2 aromatic rings. The Morgan fingerprint density at radius 3 is 2.54 bits per heavy atom. The van der Waals surface area contributed by atoms with E-state index in [1.807, 2.05) is 59.5 Å². The Morgan fingerprint density at radius 2 is 1.88 bits per heavy atom. The van der Waals surface area contributed by atoms with E-state index in [1.54, 1.807) is 0 Å². The van der Waals surface area contributed by atoms with Crippen LogP contribution in [0, 0.1) is 0 Å². The summed E-state index contributed by atoms with van der Waals surface area (Å²) in [6.07, 6.45) is 2.21. The molecule has 5 heteroatoms. The molecule has 1 fully saturated rings. The number of hydrogen-bond donors (Lipinski definition) is 2. The van der Waals surface area contributed by atoms with Crippen LogP contribution in [0.1, 0.15) is 43.4 Å². The summed E-state index contributed by atoms with van der Waals surface area (Å²) in [7, 11) is 0. The van der Waals surface area contributed by atoms with E-state index >= 15 is 0 Å². The zero-order valence-electron chi connectivity index (χ0n) is 15.0. The number of carbonyl (C=O) groups is 1. The summed E-state index contributed by atoms with van der Waals surface area (Å²) in [5.41, 5.74) is 1.65. The Balaban J connectivity index is 1.85. The topological polar surface area (TPSA) is 52.6 Å². The van der Waals surface area contributed by atoms with Gasteiger partial charge in [-0.15, -0.1) is 0 Å². The highest BCUT2D eigenvalue weighted by molar-refractivity contribution is 9.10. The molecule has 0 unspecified atom stereocenters. The van der Waals surface area contributed by atoms with Gasteiger partial charge in [0.1, 0.15) is 0 Å². The van der Waals surface area contributed by atoms with Crippen molar-refractivity contribution >= 4 is 22.0 Å². The quantitative estimate of drug-likeness (QED) is 0.748. The van der Waals surface area contributed by atoms with E-state index < -0.39 is 5.54 Å². The molecule has 0 radical (unpaired) electrons. The molecule has 0 aliphatic carbocycles. The van der Waals surface area contributed by atoms with E-state index in [-0.39, 0.29) is 18.7 Å². The minimum atomic E-state index is -0.513. The van der Waals surface area contributed by atoms with Crippen molar-refractivity contribution in [3.05, 3.63) is 70.2 Å². The number of hydrogen-bond acceptors (Lipinski definition) is 2. The Labute approximate surface area is 163 Å². The van der Waals surface area contributed by atoms with Crippen LogP contribution >= 0.6 is 15.9 Å². The van der Waals surface area contributed by atoms with Crippen molar-refractivity contribution in [3.8, 4) is 0 Å². The van der Waals surface area contributed by atoms with Crippen molar-refractivity contribution in [2.45, 2.75) is 37.8 Å². The maximum Gasteiger partial charge on any atom is 0.318 e. The molecule has 0 saturated carbocycles. The van der Waals surface area contributed by atoms with Crippen molar-refractivity contribution in [3.63, 3.8) is 0 Å². The van der Waals surface area contributed by atoms with Gasteiger partial charge in [-0.3, -0.25) is 0 Å². The second kappa shape index (κ2) is 8.23. The van der Waals surface area contributed by atoms with Crippen LogP contribution in [0.2, 0.25) is 0 Å². The van der Waals surface area contributed by atoms with Crippen molar-refractivity contribution in [1.82, 2.24) is 10.2 Å². The van der Waals surface area contributed by atoms with Crippen LogP contribution in [0.25, 0.3) is 0 Å². The van der Waals surface area contributed by atoms with E-state index in [9.17, 15) is 9.90 Å². The van der Waals surface area contributed by atoms with Crippen molar-refractivity contribution in [1.29, 1.82) is 0 Å². The molecule has 0 spiro atoms. The lowest BCUT2D eigenvalue weighted by molar-refractivity contribution is 0.169. The van der Waals surface area contributed by atoms with Gasteiger partial charge >= 0.3 is 6.03 Å². The number of halogens is 1. The molecule has 1 saturated heterocycles. The van der Waals surface area contributed by atoms with Crippen LogP contribution in [0.3, 0.4) is 0 Å². The van der Waals surface area contributed by atoms with E-state index in [0.29, 0.717) is 13.0 Å². The molecule has 1 aliphatic heterocycles. The molecular weight excluding hydrogens is 392 g/mol. The minimum absolute atomic E-state index is 0.0104. The van der Waals surface area contributed by atoms with E-state index in [0.717, 1.165) is 28.4 Å². The zero-order valence-corrected chi connectivity index (χ0v) is 16.6. The number of rotatable bonds is 5. The van der Waals surface area contributed by atoms with E-state index in [2.05, 4.69) is 28.2 Å². The molecular formula is C21H25BrN2O2. The average Bonchev–Trinajstić information content (AvgIpc) is 2.82. The zero-order chi connectivity index (χ0) is 18.6. The van der Waals surface area contributed by atoms with Gasteiger partial charge < -0.3 is 15.3 Å². The Bertz CT molecular complexity index is 735. The van der Waals surface area contributed by atoms with Gasteiger partial charge in [-0.25, -0.2) is 4.79 Å². The predicted molar refractivity (Wildman–Crippen MR) is 107 cm³/mol. The number of nitrogens with one attached hydrogen (secondary N) is 1. The Morgan fingerprint density at radius 1 is 1.19 bits per heavy atom. The van der Waals surface area contributed by atoms with Gasteiger partial charge in [-0.1, -0.05) is 58.4 Å². The number of aliphatic hydroxyl groups is 1. The summed E-state index contributed by atoms with van der Waals surface area (Å²) >= 11 is 3.46. The second-order valence-corrected chi connectivity index (χ2v) is 7.79. The van der Waals surface area contributed by atoms with Gasteiger partial charge in [0.25, 0.3) is 0 Å². The normalized spacial score (nSPS) is 21.8. The Kier molecular flexibility index (Phi) is 5.99. The lowest BCUT2D eigenvalue weighted by atomic mass is 9.83. The summed E-state index contributed by atoms with van der Waals surface area (Å²) in [4.78, 5) is 15.0. The molecule has 2 amide bonds. The smallest absolute Gasteiger partial charge is 0.318 e. The third-order valence-electron chi connectivity index (χ3n) is 5.29. The van der Waals surface area contributed by atoms with Crippen molar-refractivity contribution < 1.29 is 9.90 Å². The van der Waals surface area contributed by atoms with Gasteiger partial charge in [0, 0.05) is 17.6 Å². The molecule has 26 heavy (non-hydrogen) atoms. The van der Waals surface area contributed by atoms with Crippen molar-refractivity contribution in [2.24, 2.45) is 0 Å². The van der Waals surface area contributed by atoms with Gasteiger partial charge in [-0.2, -0.15) is 0 Å². The minimum Gasteiger partial charge on any atom is -0.396 e. The van der Waals surface area contributed by atoms with E-state index in [4.69, 9.17) is 0 Å². The summed E-state index contributed by atoms with van der Waals surface area (Å²) < 4.78 is 1.03. The highest BCUT2D eigenvalue weighted by Crippen LogP contribution is 2.34. The SMILES string of the molecule is C[C@@H](c1ccc(Br)cc1)N1CCC[C@](CCO)(c2ccccc2)NC1=O. The summed E-state index contributed by atoms with van der Waals surface area (Å²) in [6.45, 7) is 2.80. The molecule has 1 aliphatic rings. The third kappa shape index (κ3) is 3.94. The number of benzene rings is 2. The van der Waals surface area contributed by atoms with Gasteiger partial charge in [0.2, 0.25) is 0 Å². The fraction of sp³-hybridized carbons (Fsp3) is 0.381. The predicted octanol–water partition coefficient (Wildman–Crippen LogP) is 4.59. The van der Waals surface area contributed by atoms with Crippen LogP contribution in [-0.4, -0.2) is 29.2 Å². The number of nitrogens with zero attached hydrogens (tertiary/aromatic N) is 1. The highest BCUT2D eigenvalue weighted by atomic mass is 79.9. The van der Waals surface area contributed by atoms with Gasteiger partial charge in [0.15, 0.2) is 0 Å². The van der Waals surface area contributed by atoms with Crippen LogP contribution < -0.4 is 5.32 Å². The molecule has 0 bridgehead atoms. The summed E-state index contributed by atoms with van der Waals surface area (Å²) in [5, 5.41) is 12.9. The standard InChI is InChI=1S/C21H25BrN2O2/c1-16(17-8-10-19(22)11-9-17)24-14-5-12-21(13-15-25,23-20(24)26)18-6-3-2-4-7-18/h2-4,6-11,16,25H,5,12-15H2,1H3,(H,23,26)/t16-,21-/m0/s1. The number of urea groups is 1. The fourth-order valence-corrected chi connectivity index (χ4v) is 4.04. The molecule has 3 rings (SSSR count). The highest BCUT2D eigenvalue weighted by Gasteiger charge is 2.38. The van der Waals surface area contributed by atoms with Gasteiger partial charge in [0.05, 0.1) is 11.6 Å². The summed E-state index contributed by atoms with van der Waals surface area (Å²) in [6, 6.07) is 18.0. The van der Waals surface area contributed by atoms with Crippen LogP contribution in [0.15, 0.2) is 59.1 Å². The van der Waals surface area contributed by atoms with Crippen LogP contribution in [0.4, 0.5) is 4.79 Å². The molecule has 138 valence electrons. The first-order valence-electron chi connectivity index (χ1n) is 9.06. The molecule has 2 N–H and O–H groups in total. The number of amides is 2. The lowest BCUT2D eigenvalue weighted by Crippen LogP contribution is -2.49. The van der Waals surface area contributed by atoms with Crippen molar-refractivity contribution in [2.75, 3.05) is 13.2 Å².